The number of benzene rings is 3. The molecule has 128 valence electrons. The van der Waals surface area contributed by atoms with Crippen molar-refractivity contribution in [2.75, 3.05) is 5.32 Å². The molecule has 0 bridgehead atoms. The summed E-state index contributed by atoms with van der Waals surface area (Å²) in [5, 5.41) is 9.67. The topological polar surface area (TPSA) is 46.9 Å². The maximum Gasteiger partial charge on any atom is 0.256 e. The predicted octanol–water partition coefficient (Wildman–Crippen LogP) is 4.65. The summed E-state index contributed by atoms with van der Waals surface area (Å²) >= 11 is 0. The summed E-state index contributed by atoms with van der Waals surface area (Å²) < 4.78 is 1.82. The van der Waals surface area contributed by atoms with Crippen molar-refractivity contribution in [2.45, 2.75) is 13.5 Å². The first kappa shape index (κ1) is 16.1. The SMILES string of the molecule is Cc1cc(NC(=O)c2ccc3ccccc3c2)n(Cc2ccccc2)n1. The van der Waals surface area contributed by atoms with Crippen molar-refractivity contribution >= 4 is 22.5 Å². The molecule has 1 heterocycles. The number of hydrogen-bond donors (Lipinski definition) is 1. The molecule has 3 aromatic carbocycles. The molecule has 0 atom stereocenters. The molecule has 0 radical (unpaired) electrons. The van der Waals surface area contributed by atoms with E-state index in [0.29, 0.717) is 17.9 Å². The molecule has 4 heteroatoms. The molecule has 0 aliphatic rings. The first-order valence-electron chi connectivity index (χ1n) is 8.57. The molecule has 0 fully saturated rings. The number of anilines is 1. The van der Waals surface area contributed by atoms with Gasteiger partial charge in [-0.1, -0.05) is 60.7 Å². The lowest BCUT2D eigenvalue weighted by molar-refractivity contribution is 0.102. The number of carbonyl (C=O) groups excluding carboxylic acids is 1. The second kappa shape index (κ2) is 6.84. The van der Waals surface area contributed by atoms with Gasteiger partial charge in [-0.05, 0) is 35.4 Å². The van der Waals surface area contributed by atoms with Gasteiger partial charge in [0.1, 0.15) is 5.82 Å². The van der Waals surface area contributed by atoms with Crippen LogP contribution in [-0.4, -0.2) is 15.7 Å². The van der Waals surface area contributed by atoms with E-state index in [2.05, 4.69) is 10.4 Å². The zero-order valence-corrected chi connectivity index (χ0v) is 14.5. The van der Waals surface area contributed by atoms with Gasteiger partial charge in [0.2, 0.25) is 0 Å². The molecular formula is C22H19N3O. The Morgan fingerprint density at radius 3 is 2.46 bits per heavy atom. The monoisotopic (exact) mass is 341 g/mol. The van der Waals surface area contributed by atoms with Crippen LogP contribution in [0, 0.1) is 6.92 Å². The van der Waals surface area contributed by atoms with Crippen LogP contribution in [0.25, 0.3) is 10.8 Å². The third kappa shape index (κ3) is 3.35. The van der Waals surface area contributed by atoms with E-state index in [1.54, 1.807) is 0 Å². The number of carbonyl (C=O) groups is 1. The lowest BCUT2D eigenvalue weighted by Gasteiger charge is -2.10. The van der Waals surface area contributed by atoms with Crippen LogP contribution < -0.4 is 5.32 Å². The van der Waals surface area contributed by atoms with E-state index in [9.17, 15) is 4.79 Å². The van der Waals surface area contributed by atoms with Crippen molar-refractivity contribution in [3.63, 3.8) is 0 Å². The van der Waals surface area contributed by atoms with E-state index in [1.165, 1.54) is 0 Å². The Bertz CT molecular complexity index is 1070. The Balaban J connectivity index is 1.59. The highest BCUT2D eigenvalue weighted by atomic mass is 16.1. The van der Waals surface area contributed by atoms with Gasteiger partial charge >= 0.3 is 0 Å². The molecule has 0 spiro atoms. The van der Waals surface area contributed by atoms with Crippen molar-refractivity contribution in [3.05, 3.63) is 95.7 Å². The average molecular weight is 341 g/mol. The number of aromatic nitrogens is 2. The van der Waals surface area contributed by atoms with Crippen molar-refractivity contribution in [2.24, 2.45) is 0 Å². The van der Waals surface area contributed by atoms with Crippen LogP contribution in [0.5, 0.6) is 0 Å². The summed E-state index contributed by atoms with van der Waals surface area (Å²) in [6.45, 7) is 2.54. The van der Waals surface area contributed by atoms with Crippen molar-refractivity contribution in [1.82, 2.24) is 9.78 Å². The number of fused-ring (bicyclic) bond motifs is 1. The Kier molecular flexibility index (Phi) is 4.23. The fourth-order valence-electron chi connectivity index (χ4n) is 3.04. The zero-order chi connectivity index (χ0) is 17.9. The fourth-order valence-corrected chi connectivity index (χ4v) is 3.04. The Hall–Kier alpha value is -3.40. The van der Waals surface area contributed by atoms with Gasteiger partial charge < -0.3 is 5.32 Å². The highest BCUT2D eigenvalue weighted by Gasteiger charge is 2.12. The van der Waals surface area contributed by atoms with E-state index >= 15 is 0 Å². The molecule has 4 nitrogen and oxygen atoms in total. The number of nitrogens with zero attached hydrogens (tertiary/aromatic N) is 2. The number of nitrogens with one attached hydrogen (secondary N) is 1. The highest BCUT2D eigenvalue weighted by molar-refractivity contribution is 6.06. The Morgan fingerprint density at radius 1 is 0.923 bits per heavy atom. The third-order valence-electron chi connectivity index (χ3n) is 4.33. The minimum atomic E-state index is -0.134. The molecule has 0 aliphatic heterocycles. The highest BCUT2D eigenvalue weighted by Crippen LogP contribution is 2.18. The van der Waals surface area contributed by atoms with Gasteiger partial charge in [0.05, 0.1) is 12.2 Å². The van der Waals surface area contributed by atoms with E-state index < -0.39 is 0 Å². The molecule has 4 aromatic rings. The van der Waals surface area contributed by atoms with Gasteiger partial charge in [0.15, 0.2) is 0 Å². The molecular weight excluding hydrogens is 322 g/mol. The number of aryl methyl sites for hydroxylation is 1. The molecule has 1 N–H and O–H groups in total. The zero-order valence-electron chi connectivity index (χ0n) is 14.5. The number of hydrogen-bond acceptors (Lipinski definition) is 2. The smallest absolute Gasteiger partial charge is 0.256 e. The quantitative estimate of drug-likeness (QED) is 0.587. The van der Waals surface area contributed by atoms with Crippen LogP contribution in [0.4, 0.5) is 5.82 Å². The lowest BCUT2D eigenvalue weighted by atomic mass is 10.1. The van der Waals surface area contributed by atoms with Gasteiger partial charge in [0.25, 0.3) is 5.91 Å². The second-order valence-corrected chi connectivity index (χ2v) is 6.33. The Morgan fingerprint density at radius 2 is 1.65 bits per heavy atom. The number of rotatable bonds is 4. The summed E-state index contributed by atoms with van der Waals surface area (Å²) in [5.74, 6) is 0.564. The van der Waals surface area contributed by atoms with Gasteiger partial charge in [-0.3, -0.25) is 4.79 Å². The first-order valence-corrected chi connectivity index (χ1v) is 8.57. The summed E-state index contributed by atoms with van der Waals surface area (Å²) in [6.07, 6.45) is 0. The van der Waals surface area contributed by atoms with Crippen LogP contribution in [0.1, 0.15) is 21.6 Å². The largest absolute Gasteiger partial charge is 0.307 e. The van der Waals surface area contributed by atoms with Crippen LogP contribution in [0.3, 0.4) is 0 Å². The van der Waals surface area contributed by atoms with Gasteiger partial charge in [-0.2, -0.15) is 5.10 Å². The molecule has 4 rings (SSSR count). The molecule has 1 amide bonds. The lowest BCUT2D eigenvalue weighted by Crippen LogP contribution is -2.16. The van der Waals surface area contributed by atoms with Crippen molar-refractivity contribution in [1.29, 1.82) is 0 Å². The predicted molar refractivity (Wildman–Crippen MR) is 104 cm³/mol. The molecule has 0 aliphatic carbocycles. The van der Waals surface area contributed by atoms with Gasteiger partial charge in [0, 0.05) is 11.6 Å². The normalized spacial score (nSPS) is 10.8. The number of amides is 1. The average Bonchev–Trinajstić information content (AvgIpc) is 3.01. The fraction of sp³-hybridized carbons (Fsp3) is 0.0909. The molecule has 0 unspecified atom stereocenters. The minimum absolute atomic E-state index is 0.134. The van der Waals surface area contributed by atoms with Crippen molar-refractivity contribution < 1.29 is 4.79 Å². The third-order valence-corrected chi connectivity index (χ3v) is 4.33. The molecule has 0 saturated carbocycles. The first-order chi connectivity index (χ1) is 12.7. The summed E-state index contributed by atoms with van der Waals surface area (Å²) in [7, 11) is 0. The standard InChI is InChI=1S/C22H19N3O/c1-16-13-21(25(24-16)15-17-7-3-2-4-8-17)23-22(26)20-12-11-18-9-5-6-10-19(18)14-20/h2-14H,15H2,1H3,(H,23,26). The minimum Gasteiger partial charge on any atom is -0.307 e. The van der Waals surface area contributed by atoms with Crippen molar-refractivity contribution in [3.8, 4) is 0 Å². The van der Waals surface area contributed by atoms with Gasteiger partial charge in [-0.15, -0.1) is 0 Å². The van der Waals surface area contributed by atoms with Gasteiger partial charge in [-0.25, -0.2) is 4.68 Å². The molecule has 26 heavy (non-hydrogen) atoms. The Labute approximate surface area is 152 Å². The van der Waals surface area contributed by atoms with E-state index in [0.717, 1.165) is 22.0 Å². The maximum absolute atomic E-state index is 12.7. The summed E-state index contributed by atoms with van der Waals surface area (Å²) in [4.78, 5) is 12.7. The molecule has 0 saturated heterocycles. The van der Waals surface area contributed by atoms with Crippen LogP contribution in [0.15, 0.2) is 78.9 Å². The van der Waals surface area contributed by atoms with E-state index in [-0.39, 0.29) is 5.91 Å². The van der Waals surface area contributed by atoms with E-state index in [4.69, 9.17) is 0 Å². The molecule has 1 aromatic heterocycles. The summed E-state index contributed by atoms with van der Waals surface area (Å²) in [6, 6.07) is 25.7. The summed E-state index contributed by atoms with van der Waals surface area (Å²) in [5.41, 5.74) is 2.64. The second-order valence-electron chi connectivity index (χ2n) is 6.33. The van der Waals surface area contributed by atoms with Crippen LogP contribution >= 0.6 is 0 Å². The maximum atomic E-state index is 12.7. The van der Waals surface area contributed by atoms with E-state index in [1.807, 2.05) is 90.5 Å². The van der Waals surface area contributed by atoms with Crippen LogP contribution in [0.2, 0.25) is 0 Å². The van der Waals surface area contributed by atoms with Crippen LogP contribution in [-0.2, 0) is 6.54 Å².